The highest BCUT2D eigenvalue weighted by Gasteiger charge is 2.21. The van der Waals surface area contributed by atoms with Gasteiger partial charge < -0.3 is 10.1 Å². The summed E-state index contributed by atoms with van der Waals surface area (Å²) in [4.78, 5) is 0. The molecule has 0 saturated carbocycles. The molecule has 0 aromatic heterocycles. The Hall–Kier alpha value is -0.930. The third-order valence-corrected chi connectivity index (χ3v) is 3.35. The number of halogens is 1. The van der Waals surface area contributed by atoms with Gasteiger partial charge in [-0.05, 0) is 62.9 Å². The zero-order valence-corrected chi connectivity index (χ0v) is 11.2. The molecule has 0 amide bonds. The zero-order valence-electron chi connectivity index (χ0n) is 11.2. The summed E-state index contributed by atoms with van der Waals surface area (Å²) in [5, 5.41) is 3.53. The van der Waals surface area contributed by atoms with E-state index in [4.69, 9.17) is 4.74 Å². The Balaban J connectivity index is 1.76. The Kier molecular flexibility index (Phi) is 4.72. The molecule has 0 bridgehead atoms. The minimum Gasteiger partial charge on any atom is -0.379 e. The molecule has 0 saturated heterocycles. The van der Waals surface area contributed by atoms with Gasteiger partial charge in [-0.3, -0.25) is 0 Å². The van der Waals surface area contributed by atoms with Gasteiger partial charge in [-0.2, -0.15) is 0 Å². The fourth-order valence-corrected chi connectivity index (χ4v) is 2.47. The standard InChI is InChI=1S/C15H22FNO/c1-11(2)18-9-3-8-17-15-7-4-12-10-13(16)5-6-14(12)15/h5-6,10-11,15,17H,3-4,7-9H2,1-2H3. The Labute approximate surface area is 109 Å². The molecule has 1 unspecified atom stereocenters. The Morgan fingerprint density at radius 1 is 1.44 bits per heavy atom. The maximum absolute atomic E-state index is 13.1. The van der Waals surface area contributed by atoms with E-state index in [0.29, 0.717) is 12.1 Å². The lowest BCUT2D eigenvalue weighted by atomic mass is 10.1. The van der Waals surface area contributed by atoms with E-state index in [2.05, 4.69) is 19.2 Å². The first-order chi connectivity index (χ1) is 8.66. The number of nitrogens with one attached hydrogen (secondary N) is 1. The van der Waals surface area contributed by atoms with Gasteiger partial charge in [0.25, 0.3) is 0 Å². The second-order valence-corrected chi connectivity index (χ2v) is 5.16. The van der Waals surface area contributed by atoms with Crippen molar-refractivity contribution in [3.05, 3.63) is 35.1 Å². The maximum Gasteiger partial charge on any atom is 0.123 e. The van der Waals surface area contributed by atoms with Crippen molar-refractivity contribution in [2.75, 3.05) is 13.2 Å². The topological polar surface area (TPSA) is 21.3 Å². The number of hydrogen-bond donors (Lipinski definition) is 1. The molecule has 1 aliphatic carbocycles. The molecule has 0 radical (unpaired) electrons. The van der Waals surface area contributed by atoms with E-state index in [1.807, 2.05) is 6.07 Å². The molecular weight excluding hydrogens is 229 g/mol. The fraction of sp³-hybridized carbons (Fsp3) is 0.600. The molecule has 100 valence electrons. The van der Waals surface area contributed by atoms with E-state index < -0.39 is 0 Å². The van der Waals surface area contributed by atoms with Crippen molar-refractivity contribution in [2.45, 2.75) is 45.3 Å². The first-order valence-corrected chi connectivity index (χ1v) is 6.80. The number of aryl methyl sites for hydroxylation is 1. The zero-order chi connectivity index (χ0) is 13.0. The van der Waals surface area contributed by atoms with E-state index >= 15 is 0 Å². The maximum atomic E-state index is 13.1. The molecule has 2 rings (SSSR count). The quantitative estimate of drug-likeness (QED) is 0.784. The Morgan fingerprint density at radius 3 is 3.06 bits per heavy atom. The monoisotopic (exact) mass is 251 g/mol. The van der Waals surface area contributed by atoms with Crippen molar-refractivity contribution in [3.63, 3.8) is 0 Å². The van der Waals surface area contributed by atoms with Crippen LogP contribution in [0.25, 0.3) is 0 Å². The van der Waals surface area contributed by atoms with E-state index in [9.17, 15) is 4.39 Å². The van der Waals surface area contributed by atoms with Gasteiger partial charge in [0.1, 0.15) is 5.82 Å². The van der Waals surface area contributed by atoms with E-state index in [-0.39, 0.29) is 5.82 Å². The molecule has 1 atom stereocenters. The van der Waals surface area contributed by atoms with Crippen LogP contribution in [0.4, 0.5) is 4.39 Å². The molecule has 2 nitrogen and oxygen atoms in total. The number of rotatable bonds is 6. The summed E-state index contributed by atoms with van der Waals surface area (Å²) in [5.41, 5.74) is 2.42. The average Bonchev–Trinajstić information content (AvgIpc) is 2.70. The summed E-state index contributed by atoms with van der Waals surface area (Å²) in [6.45, 7) is 5.85. The summed E-state index contributed by atoms with van der Waals surface area (Å²) in [7, 11) is 0. The predicted octanol–water partition coefficient (Wildman–Crippen LogP) is 3.22. The van der Waals surface area contributed by atoms with Gasteiger partial charge in [0.15, 0.2) is 0 Å². The normalized spacial score (nSPS) is 18.3. The van der Waals surface area contributed by atoms with Crippen LogP contribution < -0.4 is 5.32 Å². The van der Waals surface area contributed by atoms with E-state index in [1.54, 1.807) is 12.1 Å². The van der Waals surface area contributed by atoms with Crippen LogP contribution in [-0.2, 0) is 11.2 Å². The first-order valence-electron chi connectivity index (χ1n) is 6.80. The lowest BCUT2D eigenvalue weighted by molar-refractivity contribution is 0.0767. The van der Waals surface area contributed by atoms with Gasteiger partial charge in [0.2, 0.25) is 0 Å². The molecule has 18 heavy (non-hydrogen) atoms. The van der Waals surface area contributed by atoms with Crippen LogP contribution in [0.5, 0.6) is 0 Å². The SMILES string of the molecule is CC(C)OCCCNC1CCc2cc(F)ccc21. The van der Waals surface area contributed by atoms with Crippen molar-refractivity contribution in [1.82, 2.24) is 5.32 Å². The minimum atomic E-state index is -0.125. The van der Waals surface area contributed by atoms with Crippen LogP contribution in [0.2, 0.25) is 0 Å². The van der Waals surface area contributed by atoms with Gasteiger partial charge >= 0.3 is 0 Å². The summed E-state index contributed by atoms with van der Waals surface area (Å²) in [6, 6.07) is 5.53. The summed E-state index contributed by atoms with van der Waals surface area (Å²) < 4.78 is 18.6. The highest BCUT2D eigenvalue weighted by molar-refractivity contribution is 5.34. The van der Waals surface area contributed by atoms with Crippen LogP contribution >= 0.6 is 0 Å². The molecule has 1 aliphatic rings. The molecular formula is C15H22FNO. The number of benzene rings is 1. The lowest BCUT2D eigenvalue weighted by Gasteiger charge is -2.14. The van der Waals surface area contributed by atoms with Crippen LogP contribution in [0, 0.1) is 5.82 Å². The molecule has 1 N–H and O–H groups in total. The molecule has 0 aliphatic heterocycles. The van der Waals surface area contributed by atoms with Gasteiger partial charge in [-0.25, -0.2) is 4.39 Å². The fourth-order valence-electron chi connectivity index (χ4n) is 2.47. The van der Waals surface area contributed by atoms with Crippen molar-refractivity contribution in [3.8, 4) is 0 Å². The van der Waals surface area contributed by atoms with Crippen molar-refractivity contribution >= 4 is 0 Å². The minimum absolute atomic E-state index is 0.125. The predicted molar refractivity (Wildman–Crippen MR) is 71.2 cm³/mol. The summed E-state index contributed by atoms with van der Waals surface area (Å²) >= 11 is 0. The van der Waals surface area contributed by atoms with Crippen molar-refractivity contribution in [1.29, 1.82) is 0 Å². The Morgan fingerprint density at radius 2 is 2.28 bits per heavy atom. The molecule has 1 aromatic rings. The molecule has 0 heterocycles. The highest BCUT2D eigenvalue weighted by Crippen LogP contribution is 2.31. The van der Waals surface area contributed by atoms with E-state index in [1.165, 1.54) is 5.56 Å². The largest absolute Gasteiger partial charge is 0.379 e. The lowest BCUT2D eigenvalue weighted by Crippen LogP contribution is -2.22. The van der Waals surface area contributed by atoms with Gasteiger partial charge in [-0.15, -0.1) is 0 Å². The second-order valence-electron chi connectivity index (χ2n) is 5.16. The number of hydrogen-bond acceptors (Lipinski definition) is 2. The molecule has 1 aromatic carbocycles. The number of fused-ring (bicyclic) bond motifs is 1. The molecule has 3 heteroatoms. The van der Waals surface area contributed by atoms with Crippen LogP contribution in [0.1, 0.15) is 43.9 Å². The third kappa shape index (κ3) is 3.53. The van der Waals surface area contributed by atoms with Crippen LogP contribution in [-0.4, -0.2) is 19.3 Å². The van der Waals surface area contributed by atoms with Crippen molar-refractivity contribution < 1.29 is 9.13 Å². The molecule has 0 spiro atoms. The number of ether oxygens (including phenoxy) is 1. The second kappa shape index (κ2) is 6.30. The van der Waals surface area contributed by atoms with E-state index in [0.717, 1.165) is 38.0 Å². The van der Waals surface area contributed by atoms with Crippen LogP contribution in [0.15, 0.2) is 18.2 Å². The summed E-state index contributed by atoms with van der Waals surface area (Å²) in [6.07, 6.45) is 3.38. The smallest absolute Gasteiger partial charge is 0.123 e. The average molecular weight is 251 g/mol. The summed E-state index contributed by atoms with van der Waals surface area (Å²) in [5.74, 6) is -0.125. The van der Waals surface area contributed by atoms with Gasteiger partial charge in [0, 0.05) is 12.6 Å². The molecule has 0 fully saturated rings. The van der Waals surface area contributed by atoms with Gasteiger partial charge in [0.05, 0.1) is 6.10 Å². The third-order valence-electron chi connectivity index (χ3n) is 3.35. The van der Waals surface area contributed by atoms with Crippen molar-refractivity contribution in [2.24, 2.45) is 0 Å². The highest BCUT2D eigenvalue weighted by atomic mass is 19.1. The Bertz CT molecular complexity index is 392. The van der Waals surface area contributed by atoms with Gasteiger partial charge in [-0.1, -0.05) is 6.07 Å². The first kappa shape index (κ1) is 13.5. The van der Waals surface area contributed by atoms with Crippen LogP contribution in [0.3, 0.4) is 0 Å².